The maximum atomic E-state index is 11.0. The number of carbonyl (C=O) groups is 1. The maximum Gasteiger partial charge on any atom is 0.304 e. The highest BCUT2D eigenvalue weighted by Gasteiger charge is 2.47. The van der Waals surface area contributed by atoms with E-state index in [1.807, 2.05) is 13.0 Å². The van der Waals surface area contributed by atoms with Gasteiger partial charge >= 0.3 is 5.97 Å². The monoisotopic (exact) mass is 262 g/mol. The van der Waals surface area contributed by atoms with Gasteiger partial charge in [0.1, 0.15) is 5.75 Å². The van der Waals surface area contributed by atoms with Crippen LogP contribution in [0.5, 0.6) is 5.75 Å². The lowest BCUT2D eigenvalue weighted by Crippen LogP contribution is -2.17. The Morgan fingerprint density at radius 1 is 1.32 bits per heavy atom. The van der Waals surface area contributed by atoms with Gasteiger partial charge in [0.2, 0.25) is 0 Å². The molecule has 2 rings (SSSR count). The van der Waals surface area contributed by atoms with Gasteiger partial charge < -0.3 is 10.2 Å². The number of carboxylic acid groups (broad SMARTS) is 1. The number of hydrogen-bond donors (Lipinski definition) is 2. The van der Waals surface area contributed by atoms with E-state index in [0.717, 1.165) is 29.5 Å². The number of carboxylic acids is 1. The zero-order valence-electron chi connectivity index (χ0n) is 12.1. The summed E-state index contributed by atoms with van der Waals surface area (Å²) in [5.74, 6) is -0.442. The summed E-state index contributed by atoms with van der Waals surface area (Å²) in [5.41, 5.74) is 2.63. The molecule has 19 heavy (non-hydrogen) atoms. The Bertz CT molecular complexity index is 520. The van der Waals surface area contributed by atoms with E-state index in [0.29, 0.717) is 5.75 Å². The summed E-state index contributed by atoms with van der Waals surface area (Å²) in [4.78, 5) is 11.0. The number of rotatable bonds is 3. The van der Waals surface area contributed by atoms with Crippen molar-refractivity contribution in [2.24, 2.45) is 0 Å². The van der Waals surface area contributed by atoms with Crippen LogP contribution in [0, 0.1) is 6.92 Å². The highest BCUT2D eigenvalue weighted by molar-refractivity contribution is 5.70. The van der Waals surface area contributed by atoms with Crippen LogP contribution in [0.25, 0.3) is 0 Å². The van der Waals surface area contributed by atoms with Gasteiger partial charge in [-0.1, -0.05) is 26.8 Å². The second-order valence-corrected chi connectivity index (χ2v) is 6.79. The zero-order chi connectivity index (χ0) is 14.4. The Morgan fingerprint density at radius 2 is 1.89 bits per heavy atom. The molecule has 0 atom stereocenters. The van der Waals surface area contributed by atoms with Gasteiger partial charge in [0.05, 0.1) is 6.42 Å². The van der Waals surface area contributed by atoms with Crippen molar-refractivity contribution in [2.45, 2.75) is 57.8 Å². The molecule has 104 valence electrons. The molecular formula is C16H22O3. The van der Waals surface area contributed by atoms with Crippen LogP contribution in [0.2, 0.25) is 0 Å². The predicted molar refractivity (Wildman–Crippen MR) is 74.7 cm³/mol. The van der Waals surface area contributed by atoms with Gasteiger partial charge in [0.15, 0.2) is 0 Å². The van der Waals surface area contributed by atoms with Gasteiger partial charge in [0.25, 0.3) is 0 Å². The number of aromatic hydroxyl groups is 1. The van der Waals surface area contributed by atoms with Crippen molar-refractivity contribution in [1.82, 2.24) is 0 Å². The summed E-state index contributed by atoms with van der Waals surface area (Å²) in [6, 6.07) is 3.79. The van der Waals surface area contributed by atoms with Crippen LogP contribution < -0.4 is 0 Å². The van der Waals surface area contributed by atoms with Crippen molar-refractivity contribution in [1.29, 1.82) is 0 Å². The number of hydrogen-bond acceptors (Lipinski definition) is 2. The highest BCUT2D eigenvalue weighted by atomic mass is 16.4. The van der Waals surface area contributed by atoms with Crippen LogP contribution in [0.4, 0.5) is 0 Å². The molecule has 0 amide bonds. The second-order valence-electron chi connectivity index (χ2n) is 6.79. The van der Waals surface area contributed by atoms with E-state index in [1.165, 1.54) is 0 Å². The van der Waals surface area contributed by atoms with Gasteiger partial charge in [-0.25, -0.2) is 0 Å². The number of phenols is 1. The van der Waals surface area contributed by atoms with Gasteiger partial charge in [-0.3, -0.25) is 4.79 Å². The van der Waals surface area contributed by atoms with Crippen LogP contribution in [0.1, 0.15) is 56.7 Å². The molecule has 1 aliphatic rings. The fraction of sp³-hybridized carbons (Fsp3) is 0.562. The van der Waals surface area contributed by atoms with Crippen molar-refractivity contribution in [2.75, 3.05) is 0 Å². The molecule has 1 aliphatic carbocycles. The molecule has 0 heterocycles. The van der Waals surface area contributed by atoms with Crippen LogP contribution in [-0.2, 0) is 15.6 Å². The van der Waals surface area contributed by atoms with E-state index in [9.17, 15) is 9.90 Å². The predicted octanol–water partition coefficient (Wildman–Crippen LogP) is 3.50. The van der Waals surface area contributed by atoms with E-state index < -0.39 is 5.97 Å². The molecule has 0 radical (unpaired) electrons. The third kappa shape index (κ3) is 2.60. The molecular weight excluding hydrogens is 240 g/mol. The summed E-state index contributed by atoms with van der Waals surface area (Å²) >= 11 is 0. The van der Waals surface area contributed by atoms with Gasteiger partial charge in [-0.2, -0.15) is 0 Å². The van der Waals surface area contributed by atoms with E-state index in [-0.39, 0.29) is 17.3 Å². The zero-order valence-corrected chi connectivity index (χ0v) is 12.1. The largest absolute Gasteiger partial charge is 0.508 e. The van der Waals surface area contributed by atoms with Gasteiger partial charge in [0, 0.05) is 5.41 Å². The number of benzene rings is 1. The van der Waals surface area contributed by atoms with Crippen molar-refractivity contribution >= 4 is 5.97 Å². The molecule has 0 bridgehead atoms. The second kappa shape index (κ2) is 4.26. The average molecular weight is 262 g/mol. The van der Waals surface area contributed by atoms with Crippen LogP contribution >= 0.6 is 0 Å². The Balaban J connectivity index is 2.50. The molecule has 0 spiro atoms. The van der Waals surface area contributed by atoms with Crippen molar-refractivity contribution < 1.29 is 15.0 Å². The normalized spacial score (nSPS) is 17.3. The fourth-order valence-corrected chi connectivity index (χ4v) is 2.85. The summed E-state index contributed by atoms with van der Waals surface area (Å²) in [6.07, 6.45) is 2.03. The number of phenolic OH excluding ortho intramolecular Hbond substituents is 1. The van der Waals surface area contributed by atoms with E-state index in [2.05, 4.69) is 20.8 Å². The minimum atomic E-state index is -0.748. The first kappa shape index (κ1) is 13.9. The van der Waals surface area contributed by atoms with E-state index in [4.69, 9.17) is 5.11 Å². The quantitative estimate of drug-likeness (QED) is 0.876. The molecule has 2 N–H and O–H groups in total. The average Bonchev–Trinajstić information content (AvgIpc) is 2.94. The lowest BCUT2D eigenvalue weighted by Gasteiger charge is -2.25. The third-order valence-corrected chi connectivity index (χ3v) is 4.07. The van der Waals surface area contributed by atoms with Gasteiger partial charge in [-0.05, 0) is 47.9 Å². The molecule has 1 fully saturated rings. The number of aliphatic carboxylic acids is 1. The topological polar surface area (TPSA) is 57.5 Å². The first-order valence-electron chi connectivity index (χ1n) is 6.72. The molecule has 1 saturated carbocycles. The molecule has 1 aromatic rings. The molecule has 0 unspecified atom stereocenters. The van der Waals surface area contributed by atoms with E-state index >= 15 is 0 Å². The highest BCUT2D eigenvalue weighted by Crippen LogP contribution is 2.53. The Kier molecular flexibility index (Phi) is 3.12. The third-order valence-electron chi connectivity index (χ3n) is 4.07. The summed E-state index contributed by atoms with van der Waals surface area (Å²) < 4.78 is 0. The van der Waals surface area contributed by atoms with Gasteiger partial charge in [-0.15, -0.1) is 0 Å². The summed E-state index contributed by atoms with van der Waals surface area (Å²) in [5, 5.41) is 19.2. The maximum absolute atomic E-state index is 11.0. The first-order chi connectivity index (χ1) is 8.66. The first-order valence-corrected chi connectivity index (χ1v) is 6.72. The Hall–Kier alpha value is -1.51. The van der Waals surface area contributed by atoms with Crippen LogP contribution in [0.3, 0.4) is 0 Å². The van der Waals surface area contributed by atoms with Crippen molar-refractivity contribution in [3.05, 3.63) is 28.8 Å². The Morgan fingerprint density at radius 3 is 2.32 bits per heavy atom. The van der Waals surface area contributed by atoms with Crippen LogP contribution in [0.15, 0.2) is 12.1 Å². The standard InChI is InChI=1S/C16H22O3/c1-10-7-13(17)12(15(2,3)4)8-11(10)16(5-6-16)9-14(18)19/h7-8,17H,5-6,9H2,1-4H3,(H,18,19). The lowest BCUT2D eigenvalue weighted by molar-refractivity contribution is -0.137. The SMILES string of the molecule is Cc1cc(O)c(C(C)(C)C)cc1C1(CC(=O)O)CC1. The fourth-order valence-electron chi connectivity index (χ4n) is 2.85. The molecule has 3 heteroatoms. The minimum Gasteiger partial charge on any atom is -0.508 e. The molecule has 1 aromatic carbocycles. The van der Waals surface area contributed by atoms with Crippen molar-refractivity contribution in [3.8, 4) is 5.75 Å². The molecule has 0 saturated heterocycles. The molecule has 3 nitrogen and oxygen atoms in total. The molecule has 0 aromatic heterocycles. The Labute approximate surface area is 114 Å². The van der Waals surface area contributed by atoms with E-state index in [1.54, 1.807) is 6.07 Å². The lowest BCUT2D eigenvalue weighted by atomic mass is 9.80. The summed E-state index contributed by atoms with van der Waals surface area (Å²) in [6.45, 7) is 8.11. The van der Waals surface area contributed by atoms with Crippen LogP contribution in [-0.4, -0.2) is 16.2 Å². The minimum absolute atomic E-state index is 0.147. The molecule has 0 aliphatic heterocycles. The van der Waals surface area contributed by atoms with Crippen molar-refractivity contribution in [3.63, 3.8) is 0 Å². The summed E-state index contributed by atoms with van der Waals surface area (Å²) in [7, 11) is 0. The number of aryl methyl sites for hydroxylation is 1. The smallest absolute Gasteiger partial charge is 0.304 e.